The van der Waals surface area contributed by atoms with Crippen molar-refractivity contribution in [2.24, 2.45) is 0 Å². The number of aliphatic hydroxyl groups excluding tert-OH is 1. The summed E-state index contributed by atoms with van der Waals surface area (Å²) in [6, 6.07) is 5.39. The van der Waals surface area contributed by atoms with Gasteiger partial charge in [-0.1, -0.05) is 12.8 Å². The maximum atomic E-state index is 12.9. The molecule has 0 aromatic heterocycles. The molecule has 2 fully saturated rings. The molecule has 0 radical (unpaired) electrons. The number of piperidine rings is 1. The van der Waals surface area contributed by atoms with Gasteiger partial charge in [0.2, 0.25) is 11.8 Å². The Kier molecular flexibility index (Phi) is 5.31. The number of anilines is 1. The van der Waals surface area contributed by atoms with Crippen LogP contribution in [0.5, 0.6) is 0 Å². The Morgan fingerprint density at radius 1 is 1.17 bits per heavy atom. The van der Waals surface area contributed by atoms with Crippen molar-refractivity contribution in [3.8, 4) is 0 Å². The number of carbonyl (C=O) groups is 3. The molecule has 2 heterocycles. The summed E-state index contributed by atoms with van der Waals surface area (Å²) in [7, 11) is 4.03. The van der Waals surface area contributed by atoms with Crippen molar-refractivity contribution in [2.45, 2.75) is 62.9 Å². The zero-order valence-corrected chi connectivity index (χ0v) is 16.9. The fourth-order valence-electron chi connectivity index (χ4n) is 4.94. The van der Waals surface area contributed by atoms with Gasteiger partial charge >= 0.3 is 0 Å². The molecule has 2 unspecified atom stereocenters. The molecule has 3 amide bonds. The van der Waals surface area contributed by atoms with Crippen LogP contribution in [0.3, 0.4) is 0 Å². The number of likely N-dealkylation sites (N-methyl/N-ethyl adjacent to an activating group) is 2. The average molecular weight is 400 g/mol. The summed E-state index contributed by atoms with van der Waals surface area (Å²) in [5.74, 6) is -1.25. The number of nitrogens with zero attached hydrogens (tertiary/aromatic N) is 2. The van der Waals surface area contributed by atoms with Gasteiger partial charge in [0.05, 0.1) is 0 Å². The van der Waals surface area contributed by atoms with E-state index >= 15 is 0 Å². The third kappa shape index (κ3) is 3.40. The number of benzene rings is 1. The van der Waals surface area contributed by atoms with Gasteiger partial charge in [-0.3, -0.25) is 24.6 Å². The Balaban J connectivity index is 1.59. The lowest BCUT2D eigenvalue weighted by molar-refractivity contribution is -0.139. The summed E-state index contributed by atoms with van der Waals surface area (Å²) in [6.07, 6.45) is 3.80. The third-order valence-electron chi connectivity index (χ3n) is 6.59. The standard InChI is InChI=1S/C21H28N4O4/c1-22-15-5-3-4-6-16(15)24(2)12-7-8-13-14(11-12)21(29)25(20(13)28)17-9-10-18(26)23-19(17)27/h7-8,11,15-17,21-22,29H,3-6,9-10H2,1-2H3,(H,23,26,27)/t15-,16+,17?,21?/m0/s1. The fraction of sp³-hybridized carbons (Fsp3) is 0.571. The van der Waals surface area contributed by atoms with Crippen molar-refractivity contribution in [3.63, 3.8) is 0 Å². The minimum Gasteiger partial charge on any atom is -0.370 e. The lowest BCUT2D eigenvalue weighted by Gasteiger charge is -2.39. The van der Waals surface area contributed by atoms with E-state index in [1.54, 1.807) is 6.07 Å². The Labute approximate surface area is 170 Å². The normalized spacial score (nSPS) is 29.6. The second kappa shape index (κ2) is 7.76. The van der Waals surface area contributed by atoms with E-state index in [4.69, 9.17) is 0 Å². The molecule has 4 rings (SSSR count). The summed E-state index contributed by atoms with van der Waals surface area (Å²) in [4.78, 5) is 40.0. The first kappa shape index (κ1) is 19.8. The average Bonchev–Trinajstić information content (AvgIpc) is 2.97. The van der Waals surface area contributed by atoms with E-state index in [9.17, 15) is 19.5 Å². The Hall–Kier alpha value is -2.45. The van der Waals surface area contributed by atoms with Crippen LogP contribution in [-0.4, -0.2) is 59.9 Å². The quantitative estimate of drug-likeness (QED) is 0.650. The fourth-order valence-corrected chi connectivity index (χ4v) is 4.94. The summed E-state index contributed by atoms with van der Waals surface area (Å²) >= 11 is 0. The molecule has 29 heavy (non-hydrogen) atoms. The molecule has 0 spiro atoms. The largest absolute Gasteiger partial charge is 0.370 e. The van der Waals surface area contributed by atoms with Gasteiger partial charge < -0.3 is 15.3 Å². The maximum absolute atomic E-state index is 12.9. The first-order valence-electron chi connectivity index (χ1n) is 10.3. The molecule has 2 aliphatic heterocycles. The molecule has 1 aliphatic carbocycles. The van der Waals surface area contributed by atoms with Gasteiger partial charge in [0, 0.05) is 42.4 Å². The monoisotopic (exact) mass is 400 g/mol. The number of rotatable bonds is 4. The minimum atomic E-state index is -1.19. The highest BCUT2D eigenvalue weighted by Crippen LogP contribution is 2.38. The predicted octanol–water partition coefficient (Wildman–Crippen LogP) is 0.905. The van der Waals surface area contributed by atoms with Gasteiger partial charge in [0.25, 0.3) is 5.91 Å². The maximum Gasteiger partial charge on any atom is 0.257 e. The molecule has 0 bridgehead atoms. The SMILES string of the molecule is CN[C@H]1CCCC[C@H]1N(C)c1ccc2c(c1)C(O)N(C1CCC(=O)NC1=O)C2=O. The second-order valence-electron chi connectivity index (χ2n) is 8.18. The van der Waals surface area contributed by atoms with Crippen LogP contribution in [0.2, 0.25) is 0 Å². The zero-order chi connectivity index (χ0) is 20.7. The molecule has 156 valence electrons. The van der Waals surface area contributed by atoms with Crippen LogP contribution in [0.15, 0.2) is 18.2 Å². The summed E-state index contributed by atoms with van der Waals surface area (Å²) in [5, 5.41) is 16.5. The van der Waals surface area contributed by atoms with Gasteiger partial charge in [0.1, 0.15) is 6.04 Å². The molecular weight excluding hydrogens is 372 g/mol. The minimum absolute atomic E-state index is 0.157. The molecule has 8 nitrogen and oxygen atoms in total. The van der Waals surface area contributed by atoms with E-state index in [2.05, 4.69) is 15.5 Å². The van der Waals surface area contributed by atoms with Crippen molar-refractivity contribution in [3.05, 3.63) is 29.3 Å². The molecule has 3 N–H and O–H groups in total. The van der Waals surface area contributed by atoms with Crippen molar-refractivity contribution >= 4 is 23.4 Å². The number of hydrogen-bond donors (Lipinski definition) is 3. The lowest BCUT2D eigenvalue weighted by Crippen LogP contribution is -2.53. The van der Waals surface area contributed by atoms with E-state index in [1.165, 1.54) is 17.7 Å². The van der Waals surface area contributed by atoms with Crippen LogP contribution in [0.25, 0.3) is 0 Å². The van der Waals surface area contributed by atoms with E-state index < -0.39 is 18.2 Å². The molecular formula is C21H28N4O4. The molecule has 1 saturated heterocycles. The van der Waals surface area contributed by atoms with Crippen LogP contribution in [0, 0.1) is 0 Å². The second-order valence-corrected chi connectivity index (χ2v) is 8.18. The van der Waals surface area contributed by atoms with Gasteiger partial charge in [-0.05, 0) is 44.5 Å². The summed E-state index contributed by atoms with van der Waals surface area (Å²) < 4.78 is 0. The Bertz CT molecular complexity index is 842. The van der Waals surface area contributed by atoms with E-state index in [0.29, 0.717) is 23.2 Å². The van der Waals surface area contributed by atoms with Crippen LogP contribution in [-0.2, 0) is 9.59 Å². The van der Waals surface area contributed by atoms with Crippen LogP contribution in [0.4, 0.5) is 5.69 Å². The Morgan fingerprint density at radius 2 is 1.93 bits per heavy atom. The van der Waals surface area contributed by atoms with Gasteiger partial charge in [0.15, 0.2) is 6.23 Å². The predicted molar refractivity (Wildman–Crippen MR) is 107 cm³/mol. The first-order valence-corrected chi connectivity index (χ1v) is 10.3. The summed E-state index contributed by atoms with van der Waals surface area (Å²) in [6.45, 7) is 0. The summed E-state index contributed by atoms with van der Waals surface area (Å²) in [5.41, 5.74) is 1.86. The number of amides is 3. The molecule has 8 heteroatoms. The van der Waals surface area contributed by atoms with Crippen LogP contribution in [0.1, 0.15) is 60.7 Å². The molecule has 4 atom stereocenters. The highest BCUT2D eigenvalue weighted by molar-refractivity contribution is 6.05. The zero-order valence-electron chi connectivity index (χ0n) is 16.9. The van der Waals surface area contributed by atoms with Gasteiger partial charge in [-0.25, -0.2) is 0 Å². The van der Waals surface area contributed by atoms with Crippen LogP contribution < -0.4 is 15.5 Å². The number of imide groups is 1. The topological polar surface area (TPSA) is 102 Å². The number of hydrogen-bond acceptors (Lipinski definition) is 6. The Morgan fingerprint density at radius 3 is 2.66 bits per heavy atom. The number of fused-ring (bicyclic) bond motifs is 1. The third-order valence-corrected chi connectivity index (χ3v) is 6.59. The lowest BCUT2D eigenvalue weighted by atomic mass is 9.89. The van der Waals surface area contributed by atoms with Gasteiger partial charge in [-0.15, -0.1) is 0 Å². The molecule has 1 aromatic rings. The smallest absolute Gasteiger partial charge is 0.257 e. The van der Waals surface area contributed by atoms with Crippen molar-refractivity contribution in [1.29, 1.82) is 0 Å². The van der Waals surface area contributed by atoms with E-state index in [1.807, 2.05) is 26.2 Å². The molecule has 1 aromatic carbocycles. The van der Waals surface area contributed by atoms with Crippen molar-refractivity contribution < 1.29 is 19.5 Å². The molecule has 3 aliphatic rings. The molecule has 1 saturated carbocycles. The highest BCUT2D eigenvalue weighted by Gasteiger charge is 2.44. The number of aliphatic hydroxyl groups is 1. The van der Waals surface area contributed by atoms with E-state index in [0.717, 1.165) is 18.5 Å². The highest BCUT2D eigenvalue weighted by atomic mass is 16.3. The number of nitrogens with one attached hydrogen (secondary N) is 2. The van der Waals surface area contributed by atoms with Gasteiger partial charge in [-0.2, -0.15) is 0 Å². The number of carbonyl (C=O) groups excluding carboxylic acids is 3. The van der Waals surface area contributed by atoms with Crippen LogP contribution >= 0.6 is 0 Å². The van der Waals surface area contributed by atoms with E-state index in [-0.39, 0.29) is 24.7 Å². The first-order chi connectivity index (χ1) is 13.9. The van der Waals surface area contributed by atoms with Crippen molar-refractivity contribution in [2.75, 3.05) is 19.0 Å². The van der Waals surface area contributed by atoms with Crippen molar-refractivity contribution in [1.82, 2.24) is 15.5 Å².